The normalized spacial score (nSPS) is 18.2. The Hall–Kier alpha value is -2.14. The number of H-pyrrole nitrogens is 1. The molecule has 1 aliphatic heterocycles. The van der Waals surface area contributed by atoms with Gasteiger partial charge in [-0.1, -0.05) is 43.7 Å². The van der Waals surface area contributed by atoms with E-state index in [4.69, 9.17) is 0 Å². The summed E-state index contributed by atoms with van der Waals surface area (Å²) in [5, 5.41) is 10.0. The molecule has 5 heteroatoms. The Morgan fingerprint density at radius 1 is 1.36 bits per heavy atom. The van der Waals surface area contributed by atoms with Crippen LogP contribution in [0.4, 0.5) is 0 Å². The van der Waals surface area contributed by atoms with Crippen molar-refractivity contribution in [2.45, 2.75) is 38.5 Å². The molecule has 0 unspecified atom stereocenters. The molecule has 2 N–H and O–H groups in total. The molecular formula is C20H28N4O. The van der Waals surface area contributed by atoms with Crippen molar-refractivity contribution in [3.8, 4) is 0 Å². The number of nitrogens with one attached hydrogen (secondary N) is 2. The van der Waals surface area contributed by atoms with Gasteiger partial charge < -0.3 is 10.2 Å². The molecule has 1 aliphatic rings. The van der Waals surface area contributed by atoms with Crippen molar-refractivity contribution in [3.63, 3.8) is 0 Å². The van der Waals surface area contributed by atoms with Gasteiger partial charge in [-0.15, -0.1) is 0 Å². The fourth-order valence-electron chi connectivity index (χ4n) is 3.55. The fourth-order valence-corrected chi connectivity index (χ4v) is 3.55. The average Bonchev–Trinajstić information content (AvgIpc) is 3.12. The van der Waals surface area contributed by atoms with E-state index in [1.54, 1.807) is 0 Å². The summed E-state index contributed by atoms with van der Waals surface area (Å²) in [4.78, 5) is 14.6. The number of hydrogen-bond donors (Lipinski definition) is 2. The molecule has 0 aliphatic carbocycles. The Balaban J connectivity index is 1.44. The van der Waals surface area contributed by atoms with E-state index in [0.717, 1.165) is 38.2 Å². The molecule has 2 aromatic rings. The van der Waals surface area contributed by atoms with Crippen molar-refractivity contribution in [3.05, 3.63) is 53.3 Å². The second-order valence-electron chi connectivity index (χ2n) is 6.83. The highest BCUT2D eigenvalue weighted by molar-refractivity contribution is 5.92. The second kappa shape index (κ2) is 8.81. The molecule has 0 radical (unpaired) electrons. The van der Waals surface area contributed by atoms with Crippen LogP contribution in [0, 0.1) is 0 Å². The predicted molar refractivity (Wildman–Crippen MR) is 99.8 cm³/mol. The van der Waals surface area contributed by atoms with Crippen LogP contribution in [-0.4, -0.2) is 47.2 Å². The maximum Gasteiger partial charge on any atom is 0.271 e. The molecule has 3 rings (SSSR count). The van der Waals surface area contributed by atoms with Gasteiger partial charge in [-0.2, -0.15) is 5.10 Å². The first-order chi connectivity index (χ1) is 12.3. The Labute approximate surface area is 149 Å². The van der Waals surface area contributed by atoms with Gasteiger partial charge in [0.15, 0.2) is 0 Å². The minimum atomic E-state index is -0.0878. The molecule has 1 aromatic carbocycles. The van der Waals surface area contributed by atoms with E-state index in [-0.39, 0.29) is 5.91 Å². The SMILES string of the molecule is CCCc1cc(C(=O)NCCN2CCC[C@H](c3ccccc3)C2)n[nH]1. The van der Waals surface area contributed by atoms with Crippen molar-refractivity contribution in [1.29, 1.82) is 0 Å². The first-order valence-electron chi connectivity index (χ1n) is 9.36. The summed E-state index contributed by atoms with van der Waals surface area (Å²) in [6.45, 7) is 5.85. The molecule has 0 bridgehead atoms. The molecule has 0 spiro atoms. The fraction of sp³-hybridized carbons (Fsp3) is 0.500. The zero-order valence-electron chi connectivity index (χ0n) is 15.0. The maximum absolute atomic E-state index is 12.2. The van der Waals surface area contributed by atoms with Gasteiger partial charge in [-0.3, -0.25) is 9.89 Å². The maximum atomic E-state index is 12.2. The Bertz CT molecular complexity index is 667. The van der Waals surface area contributed by atoms with Crippen molar-refractivity contribution in [2.24, 2.45) is 0 Å². The Morgan fingerprint density at radius 2 is 2.20 bits per heavy atom. The summed E-state index contributed by atoms with van der Waals surface area (Å²) < 4.78 is 0. The second-order valence-corrected chi connectivity index (χ2v) is 6.83. The largest absolute Gasteiger partial charge is 0.349 e. The summed E-state index contributed by atoms with van der Waals surface area (Å²) >= 11 is 0. The van der Waals surface area contributed by atoms with Gasteiger partial charge in [0.05, 0.1) is 0 Å². The molecule has 1 saturated heterocycles. The molecule has 134 valence electrons. The van der Waals surface area contributed by atoms with Gasteiger partial charge in [-0.25, -0.2) is 0 Å². The van der Waals surface area contributed by atoms with Crippen LogP contribution in [0.2, 0.25) is 0 Å². The van der Waals surface area contributed by atoms with E-state index < -0.39 is 0 Å². The van der Waals surface area contributed by atoms with Crippen LogP contribution in [0.5, 0.6) is 0 Å². The Kier molecular flexibility index (Phi) is 6.23. The number of aromatic amines is 1. The highest BCUT2D eigenvalue weighted by Gasteiger charge is 2.21. The number of piperidine rings is 1. The van der Waals surface area contributed by atoms with Crippen molar-refractivity contribution < 1.29 is 4.79 Å². The lowest BCUT2D eigenvalue weighted by atomic mass is 9.91. The lowest BCUT2D eigenvalue weighted by Crippen LogP contribution is -2.40. The number of nitrogens with zero attached hydrogens (tertiary/aromatic N) is 2. The highest BCUT2D eigenvalue weighted by Crippen LogP contribution is 2.26. The first kappa shape index (κ1) is 17.7. The van der Waals surface area contributed by atoms with Crippen LogP contribution >= 0.6 is 0 Å². The number of benzene rings is 1. The summed E-state index contributed by atoms with van der Waals surface area (Å²) in [7, 11) is 0. The third-order valence-corrected chi connectivity index (χ3v) is 4.87. The van der Waals surface area contributed by atoms with Crippen LogP contribution in [0.3, 0.4) is 0 Å². The third-order valence-electron chi connectivity index (χ3n) is 4.87. The third kappa shape index (κ3) is 4.92. The van der Waals surface area contributed by atoms with Crippen molar-refractivity contribution in [1.82, 2.24) is 20.4 Å². The van der Waals surface area contributed by atoms with Gasteiger partial charge in [-0.05, 0) is 43.4 Å². The highest BCUT2D eigenvalue weighted by atomic mass is 16.1. The molecule has 1 fully saturated rings. The zero-order valence-corrected chi connectivity index (χ0v) is 15.0. The molecule has 1 amide bonds. The number of carbonyl (C=O) groups is 1. The minimum Gasteiger partial charge on any atom is -0.349 e. The minimum absolute atomic E-state index is 0.0878. The smallest absolute Gasteiger partial charge is 0.271 e. The quantitative estimate of drug-likeness (QED) is 0.814. The Morgan fingerprint density at radius 3 is 3.00 bits per heavy atom. The molecule has 1 aromatic heterocycles. The number of hydrogen-bond acceptors (Lipinski definition) is 3. The zero-order chi connectivity index (χ0) is 17.5. The lowest BCUT2D eigenvalue weighted by Gasteiger charge is -2.33. The van der Waals surface area contributed by atoms with Crippen LogP contribution in [0.1, 0.15) is 53.8 Å². The number of aromatic nitrogens is 2. The van der Waals surface area contributed by atoms with Crippen LogP contribution in [0.25, 0.3) is 0 Å². The van der Waals surface area contributed by atoms with E-state index in [2.05, 4.69) is 57.7 Å². The van der Waals surface area contributed by atoms with Crippen molar-refractivity contribution in [2.75, 3.05) is 26.2 Å². The number of amides is 1. The van der Waals surface area contributed by atoms with Crippen LogP contribution in [0.15, 0.2) is 36.4 Å². The predicted octanol–water partition coefficient (Wildman–Crippen LogP) is 2.97. The van der Waals surface area contributed by atoms with Gasteiger partial charge >= 0.3 is 0 Å². The molecule has 0 saturated carbocycles. The molecular weight excluding hydrogens is 312 g/mol. The number of carbonyl (C=O) groups excluding carboxylic acids is 1. The van der Waals surface area contributed by atoms with E-state index in [9.17, 15) is 4.79 Å². The lowest BCUT2D eigenvalue weighted by molar-refractivity contribution is 0.0940. The molecule has 1 atom stereocenters. The van der Waals surface area contributed by atoms with E-state index >= 15 is 0 Å². The monoisotopic (exact) mass is 340 g/mol. The number of rotatable bonds is 7. The standard InChI is InChI=1S/C20H28N4O/c1-2-7-18-14-19(23-22-18)20(25)21-11-13-24-12-6-10-17(15-24)16-8-4-3-5-9-16/h3-5,8-9,14,17H,2,6-7,10-13,15H2,1H3,(H,21,25)(H,22,23)/t17-/m0/s1. The van der Waals surface area contributed by atoms with Crippen LogP contribution in [-0.2, 0) is 6.42 Å². The average molecular weight is 340 g/mol. The van der Waals surface area contributed by atoms with Gasteiger partial charge in [0.1, 0.15) is 5.69 Å². The topological polar surface area (TPSA) is 61.0 Å². The van der Waals surface area contributed by atoms with E-state index in [1.165, 1.54) is 18.4 Å². The molecule has 25 heavy (non-hydrogen) atoms. The summed E-state index contributed by atoms with van der Waals surface area (Å²) in [5.41, 5.74) is 2.94. The number of aryl methyl sites for hydroxylation is 1. The van der Waals surface area contributed by atoms with Crippen LogP contribution < -0.4 is 5.32 Å². The number of likely N-dealkylation sites (tertiary alicyclic amines) is 1. The van der Waals surface area contributed by atoms with Gasteiger partial charge in [0.2, 0.25) is 0 Å². The summed E-state index contributed by atoms with van der Waals surface area (Å²) in [5.74, 6) is 0.517. The van der Waals surface area contributed by atoms with E-state index in [1.807, 2.05) is 6.07 Å². The summed E-state index contributed by atoms with van der Waals surface area (Å²) in [6.07, 6.45) is 4.43. The summed E-state index contributed by atoms with van der Waals surface area (Å²) in [6, 6.07) is 12.6. The molecule has 5 nitrogen and oxygen atoms in total. The molecule has 2 heterocycles. The van der Waals surface area contributed by atoms with Gasteiger partial charge in [0, 0.05) is 25.3 Å². The first-order valence-corrected chi connectivity index (χ1v) is 9.36. The van der Waals surface area contributed by atoms with Crippen molar-refractivity contribution >= 4 is 5.91 Å². The van der Waals surface area contributed by atoms with E-state index in [0.29, 0.717) is 18.2 Å². The van der Waals surface area contributed by atoms with Gasteiger partial charge in [0.25, 0.3) is 5.91 Å².